The summed E-state index contributed by atoms with van der Waals surface area (Å²) >= 11 is 0. The molecule has 0 N–H and O–H groups in total. The Morgan fingerprint density at radius 2 is 2.18 bits per heavy atom. The van der Waals surface area contributed by atoms with Gasteiger partial charge in [0.15, 0.2) is 0 Å². The van der Waals surface area contributed by atoms with Crippen molar-refractivity contribution in [3.63, 3.8) is 0 Å². The lowest BCUT2D eigenvalue weighted by Gasteiger charge is -2.30. The van der Waals surface area contributed by atoms with Crippen LogP contribution in [-0.2, 0) is 9.59 Å². The van der Waals surface area contributed by atoms with E-state index < -0.39 is 0 Å². The van der Waals surface area contributed by atoms with Gasteiger partial charge in [0.05, 0.1) is 5.92 Å². The molecule has 0 aliphatic heterocycles. The molecule has 0 amide bonds. The average Bonchev–Trinajstić information content (AvgIpc) is 1.86. The minimum absolute atomic E-state index is 0.122. The molecule has 0 aromatic carbocycles. The van der Waals surface area contributed by atoms with Crippen LogP contribution in [0.1, 0.15) is 33.1 Å². The molecule has 0 radical (unpaired) electrons. The summed E-state index contributed by atoms with van der Waals surface area (Å²) in [6.07, 6.45) is 3.09. The van der Waals surface area contributed by atoms with Crippen molar-refractivity contribution in [1.82, 2.24) is 0 Å². The highest BCUT2D eigenvalue weighted by atomic mass is 16.1. The molecule has 62 valence electrons. The summed E-state index contributed by atoms with van der Waals surface area (Å²) in [6, 6.07) is 0. The zero-order chi connectivity index (χ0) is 8.48. The monoisotopic (exact) mass is 154 g/mol. The molecule has 0 saturated heterocycles. The Balaban J connectivity index is 2.62. The van der Waals surface area contributed by atoms with E-state index in [1.165, 1.54) is 0 Å². The summed E-state index contributed by atoms with van der Waals surface area (Å²) in [5, 5.41) is 0. The standard InChI is InChI=1S/C9H14O2/c1-9(2)4-3-7(6-10)8(11)5-9/h6-7H,3-5H2,1-2H3. The van der Waals surface area contributed by atoms with Crippen molar-refractivity contribution in [2.45, 2.75) is 33.1 Å². The molecule has 2 nitrogen and oxygen atoms in total. The summed E-state index contributed by atoms with van der Waals surface area (Å²) in [6.45, 7) is 4.15. The Kier molecular flexibility index (Phi) is 2.12. The molecular weight excluding hydrogens is 140 g/mol. The Morgan fingerprint density at radius 1 is 1.55 bits per heavy atom. The van der Waals surface area contributed by atoms with Crippen LogP contribution in [0.25, 0.3) is 0 Å². The Morgan fingerprint density at radius 3 is 2.64 bits per heavy atom. The second-order valence-corrected chi connectivity index (χ2v) is 4.09. The Labute approximate surface area is 67.0 Å². The van der Waals surface area contributed by atoms with Gasteiger partial charge in [0, 0.05) is 6.42 Å². The maximum atomic E-state index is 11.2. The van der Waals surface area contributed by atoms with Crippen LogP contribution in [0, 0.1) is 11.3 Å². The van der Waals surface area contributed by atoms with Crippen LogP contribution in [-0.4, -0.2) is 12.1 Å². The van der Waals surface area contributed by atoms with Gasteiger partial charge in [-0.2, -0.15) is 0 Å². The highest BCUT2D eigenvalue weighted by molar-refractivity contribution is 5.94. The number of carbonyl (C=O) groups excluding carboxylic acids is 2. The molecule has 1 unspecified atom stereocenters. The van der Waals surface area contributed by atoms with Gasteiger partial charge in [0.1, 0.15) is 12.1 Å². The third-order valence-electron chi connectivity index (χ3n) is 2.36. The number of carbonyl (C=O) groups is 2. The van der Waals surface area contributed by atoms with Crippen molar-refractivity contribution in [1.29, 1.82) is 0 Å². The van der Waals surface area contributed by atoms with Gasteiger partial charge in [-0.15, -0.1) is 0 Å². The lowest BCUT2D eigenvalue weighted by molar-refractivity contribution is -0.131. The first-order valence-electron chi connectivity index (χ1n) is 4.03. The van der Waals surface area contributed by atoms with E-state index in [1.54, 1.807) is 0 Å². The Bertz CT molecular complexity index is 182. The summed E-state index contributed by atoms with van der Waals surface area (Å²) in [4.78, 5) is 21.6. The fourth-order valence-corrected chi connectivity index (χ4v) is 1.54. The Hall–Kier alpha value is -0.660. The van der Waals surface area contributed by atoms with E-state index in [1.807, 2.05) is 0 Å². The topological polar surface area (TPSA) is 34.1 Å². The van der Waals surface area contributed by atoms with E-state index in [4.69, 9.17) is 0 Å². The maximum Gasteiger partial charge on any atom is 0.143 e. The number of aldehydes is 1. The predicted molar refractivity (Wildman–Crippen MR) is 42.2 cm³/mol. The first-order valence-corrected chi connectivity index (χ1v) is 4.03. The SMILES string of the molecule is CC1(C)CCC(C=O)C(=O)C1. The van der Waals surface area contributed by atoms with Crippen molar-refractivity contribution in [2.24, 2.45) is 11.3 Å². The van der Waals surface area contributed by atoms with Gasteiger partial charge in [0.2, 0.25) is 0 Å². The van der Waals surface area contributed by atoms with Crippen molar-refractivity contribution in [2.75, 3.05) is 0 Å². The van der Waals surface area contributed by atoms with Crippen LogP contribution >= 0.6 is 0 Å². The third-order valence-corrected chi connectivity index (χ3v) is 2.36. The summed E-state index contributed by atoms with van der Waals surface area (Å²) in [7, 11) is 0. The number of rotatable bonds is 1. The summed E-state index contributed by atoms with van der Waals surface area (Å²) in [5.74, 6) is -0.181. The van der Waals surface area contributed by atoms with Crippen LogP contribution in [0.15, 0.2) is 0 Å². The number of ketones is 1. The fourth-order valence-electron chi connectivity index (χ4n) is 1.54. The summed E-state index contributed by atoms with van der Waals surface area (Å²) < 4.78 is 0. The van der Waals surface area contributed by atoms with Crippen LogP contribution in [0.5, 0.6) is 0 Å². The van der Waals surface area contributed by atoms with E-state index in [0.717, 1.165) is 19.1 Å². The molecule has 0 aromatic rings. The van der Waals surface area contributed by atoms with Crippen LogP contribution < -0.4 is 0 Å². The zero-order valence-corrected chi connectivity index (χ0v) is 7.09. The molecule has 0 bridgehead atoms. The van der Waals surface area contributed by atoms with Crippen LogP contribution in [0.4, 0.5) is 0 Å². The molecule has 1 fully saturated rings. The van der Waals surface area contributed by atoms with E-state index in [-0.39, 0.29) is 17.1 Å². The smallest absolute Gasteiger partial charge is 0.143 e. The van der Waals surface area contributed by atoms with Crippen molar-refractivity contribution in [3.8, 4) is 0 Å². The largest absolute Gasteiger partial charge is 0.303 e. The van der Waals surface area contributed by atoms with E-state index >= 15 is 0 Å². The van der Waals surface area contributed by atoms with E-state index in [2.05, 4.69) is 13.8 Å². The average molecular weight is 154 g/mol. The molecule has 0 aromatic heterocycles. The molecule has 1 aliphatic rings. The first-order chi connectivity index (χ1) is 5.05. The van der Waals surface area contributed by atoms with E-state index in [9.17, 15) is 9.59 Å². The quantitative estimate of drug-likeness (QED) is 0.424. The van der Waals surface area contributed by atoms with E-state index in [0.29, 0.717) is 6.42 Å². The minimum Gasteiger partial charge on any atom is -0.303 e. The highest BCUT2D eigenvalue weighted by Gasteiger charge is 2.32. The molecule has 0 spiro atoms. The second kappa shape index (κ2) is 2.76. The second-order valence-electron chi connectivity index (χ2n) is 4.09. The lowest BCUT2D eigenvalue weighted by atomic mass is 9.73. The maximum absolute atomic E-state index is 11.2. The lowest BCUT2D eigenvalue weighted by Crippen LogP contribution is -2.30. The van der Waals surface area contributed by atoms with Gasteiger partial charge in [-0.3, -0.25) is 4.79 Å². The van der Waals surface area contributed by atoms with Crippen LogP contribution in [0.2, 0.25) is 0 Å². The van der Waals surface area contributed by atoms with Gasteiger partial charge < -0.3 is 4.79 Å². The molecule has 2 heteroatoms. The zero-order valence-electron chi connectivity index (χ0n) is 7.09. The molecular formula is C9H14O2. The number of Topliss-reactive ketones (excluding diaryl/α,β-unsaturated/α-hetero) is 1. The fraction of sp³-hybridized carbons (Fsp3) is 0.778. The van der Waals surface area contributed by atoms with Crippen LogP contribution in [0.3, 0.4) is 0 Å². The number of hydrogen-bond acceptors (Lipinski definition) is 2. The van der Waals surface area contributed by atoms with Crippen molar-refractivity contribution >= 4 is 12.1 Å². The molecule has 1 saturated carbocycles. The first kappa shape index (κ1) is 8.44. The number of hydrogen-bond donors (Lipinski definition) is 0. The predicted octanol–water partition coefficient (Wildman–Crippen LogP) is 1.58. The van der Waals surface area contributed by atoms with Gasteiger partial charge in [-0.25, -0.2) is 0 Å². The molecule has 1 atom stereocenters. The third kappa shape index (κ3) is 1.88. The molecule has 1 rings (SSSR count). The van der Waals surface area contributed by atoms with Crippen molar-refractivity contribution in [3.05, 3.63) is 0 Å². The molecule has 11 heavy (non-hydrogen) atoms. The molecule has 0 heterocycles. The van der Waals surface area contributed by atoms with Gasteiger partial charge in [-0.05, 0) is 18.3 Å². The normalized spacial score (nSPS) is 30.0. The molecule has 1 aliphatic carbocycles. The summed E-state index contributed by atoms with van der Waals surface area (Å²) in [5.41, 5.74) is 0.122. The van der Waals surface area contributed by atoms with Gasteiger partial charge in [-0.1, -0.05) is 13.8 Å². The highest BCUT2D eigenvalue weighted by Crippen LogP contribution is 2.34. The van der Waals surface area contributed by atoms with Crippen molar-refractivity contribution < 1.29 is 9.59 Å². The van der Waals surface area contributed by atoms with Gasteiger partial charge in [0.25, 0.3) is 0 Å². The minimum atomic E-state index is -0.303. The van der Waals surface area contributed by atoms with Gasteiger partial charge >= 0.3 is 0 Å².